The third-order valence-electron chi connectivity index (χ3n) is 6.05. The van der Waals surface area contributed by atoms with E-state index in [4.69, 9.17) is 0 Å². The second-order valence-corrected chi connectivity index (χ2v) is 8.96. The molecule has 1 spiro atoms. The van der Waals surface area contributed by atoms with Gasteiger partial charge in [0.2, 0.25) is 0 Å². The molecule has 6 heteroatoms. The molecule has 1 aliphatic heterocycles. The minimum Gasteiger partial charge on any atom is -0.331 e. The standard InChI is InChI=1S/C18H28N4OS/c23-17(19-13-15-20-21-16(24-15)14-5-6-14)22-11-4-9-18(10-12-22)7-2-1-3-8-18/h14H,1-13H2,(H,19,23). The third-order valence-corrected chi connectivity index (χ3v) is 7.13. The van der Waals surface area contributed by atoms with Gasteiger partial charge in [-0.15, -0.1) is 10.2 Å². The van der Waals surface area contributed by atoms with Crippen LogP contribution in [0.2, 0.25) is 0 Å². The highest BCUT2D eigenvalue weighted by Crippen LogP contribution is 2.44. The van der Waals surface area contributed by atoms with Crippen molar-refractivity contribution in [3.8, 4) is 0 Å². The first-order valence-corrected chi connectivity index (χ1v) is 10.4. The fraction of sp³-hybridized carbons (Fsp3) is 0.833. The SMILES string of the molecule is O=C(NCc1nnc(C2CC2)s1)N1CCCC2(CCCCC2)CC1. The highest BCUT2D eigenvalue weighted by molar-refractivity contribution is 7.11. The van der Waals surface area contributed by atoms with Crippen LogP contribution in [0, 0.1) is 5.41 Å². The van der Waals surface area contributed by atoms with Crippen LogP contribution in [0.5, 0.6) is 0 Å². The molecule has 24 heavy (non-hydrogen) atoms. The lowest BCUT2D eigenvalue weighted by atomic mass is 9.69. The second-order valence-electron chi connectivity index (χ2n) is 7.87. The number of nitrogens with zero attached hydrogens (tertiary/aromatic N) is 3. The van der Waals surface area contributed by atoms with E-state index in [0.29, 0.717) is 17.9 Å². The number of rotatable bonds is 3. The predicted octanol–water partition coefficient (Wildman–Crippen LogP) is 4.06. The second kappa shape index (κ2) is 6.98. The summed E-state index contributed by atoms with van der Waals surface area (Å²) >= 11 is 1.66. The van der Waals surface area contributed by atoms with Crippen molar-refractivity contribution < 1.29 is 4.79 Å². The normalized spacial score (nSPS) is 23.9. The quantitative estimate of drug-likeness (QED) is 0.896. The van der Waals surface area contributed by atoms with Gasteiger partial charge in [0.1, 0.15) is 10.0 Å². The molecule has 4 rings (SSSR count). The van der Waals surface area contributed by atoms with Crippen LogP contribution in [-0.4, -0.2) is 34.2 Å². The van der Waals surface area contributed by atoms with Crippen LogP contribution < -0.4 is 5.32 Å². The number of hydrogen-bond acceptors (Lipinski definition) is 4. The average molecular weight is 349 g/mol. The number of urea groups is 1. The van der Waals surface area contributed by atoms with E-state index < -0.39 is 0 Å². The van der Waals surface area contributed by atoms with Crippen LogP contribution in [0.3, 0.4) is 0 Å². The zero-order chi connectivity index (χ0) is 16.4. The molecule has 0 bridgehead atoms. The van der Waals surface area contributed by atoms with E-state index in [1.807, 2.05) is 4.90 Å². The summed E-state index contributed by atoms with van der Waals surface area (Å²) in [6, 6.07) is 0.0750. The van der Waals surface area contributed by atoms with Gasteiger partial charge in [0, 0.05) is 19.0 Å². The molecule has 0 aromatic carbocycles. The summed E-state index contributed by atoms with van der Waals surface area (Å²) in [5.41, 5.74) is 0.533. The van der Waals surface area contributed by atoms with E-state index in [1.54, 1.807) is 11.3 Å². The summed E-state index contributed by atoms with van der Waals surface area (Å²) in [4.78, 5) is 14.5. The molecule has 1 saturated heterocycles. The molecule has 0 radical (unpaired) electrons. The molecule has 1 aromatic rings. The maximum absolute atomic E-state index is 12.5. The van der Waals surface area contributed by atoms with Crippen molar-refractivity contribution in [1.82, 2.24) is 20.4 Å². The monoisotopic (exact) mass is 348 g/mol. The van der Waals surface area contributed by atoms with Gasteiger partial charge < -0.3 is 10.2 Å². The lowest BCUT2D eigenvalue weighted by molar-refractivity contribution is 0.157. The Bertz CT molecular complexity index is 577. The lowest BCUT2D eigenvalue weighted by Gasteiger charge is -2.36. The lowest BCUT2D eigenvalue weighted by Crippen LogP contribution is -2.40. The summed E-state index contributed by atoms with van der Waals surface area (Å²) in [5.74, 6) is 0.643. The molecule has 132 valence electrons. The molecule has 1 N–H and O–H groups in total. The summed E-state index contributed by atoms with van der Waals surface area (Å²) in [5, 5.41) is 13.6. The van der Waals surface area contributed by atoms with E-state index in [-0.39, 0.29) is 6.03 Å². The van der Waals surface area contributed by atoms with Crippen LogP contribution in [0.25, 0.3) is 0 Å². The van der Waals surface area contributed by atoms with Crippen molar-refractivity contribution in [2.24, 2.45) is 5.41 Å². The Balaban J connectivity index is 1.27. The maximum Gasteiger partial charge on any atom is 0.317 e. The Morgan fingerprint density at radius 1 is 1.08 bits per heavy atom. The summed E-state index contributed by atoms with van der Waals surface area (Å²) < 4.78 is 0. The van der Waals surface area contributed by atoms with Crippen LogP contribution in [0.4, 0.5) is 4.79 Å². The number of nitrogens with one attached hydrogen (secondary N) is 1. The van der Waals surface area contributed by atoms with Crippen molar-refractivity contribution >= 4 is 17.4 Å². The van der Waals surface area contributed by atoms with Crippen molar-refractivity contribution in [3.63, 3.8) is 0 Å². The molecule has 2 aliphatic carbocycles. The highest BCUT2D eigenvalue weighted by atomic mass is 32.1. The van der Waals surface area contributed by atoms with Crippen LogP contribution >= 0.6 is 11.3 Å². The van der Waals surface area contributed by atoms with E-state index in [0.717, 1.165) is 29.5 Å². The zero-order valence-corrected chi connectivity index (χ0v) is 15.2. The van der Waals surface area contributed by atoms with E-state index >= 15 is 0 Å². The Kier molecular flexibility index (Phi) is 4.74. The number of hydrogen-bond donors (Lipinski definition) is 1. The van der Waals surface area contributed by atoms with Gasteiger partial charge in [0.25, 0.3) is 0 Å². The van der Waals surface area contributed by atoms with Gasteiger partial charge in [0.15, 0.2) is 0 Å². The number of carbonyl (C=O) groups excluding carboxylic acids is 1. The van der Waals surface area contributed by atoms with Gasteiger partial charge in [0.05, 0.1) is 6.54 Å². The molecule has 3 fully saturated rings. The zero-order valence-electron chi connectivity index (χ0n) is 14.4. The maximum atomic E-state index is 12.5. The molecular weight excluding hydrogens is 320 g/mol. The first-order valence-electron chi connectivity index (χ1n) is 9.59. The van der Waals surface area contributed by atoms with Gasteiger partial charge in [-0.05, 0) is 50.4 Å². The Hall–Kier alpha value is -1.17. The highest BCUT2D eigenvalue weighted by Gasteiger charge is 2.34. The predicted molar refractivity (Wildman–Crippen MR) is 95.1 cm³/mol. The molecule has 5 nitrogen and oxygen atoms in total. The molecule has 1 aromatic heterocycles. The molecule has 3 aliphatic rings. The number of likely N-dealkylation sites (tertiary alicyclic amines) is 1. The first-order chi connectivity index (χ1) is 11.7. The van der Waals surface area contributed by atoms with E-state index in [1.165, 1.54) is 57.8 Å². The minimum absolute atomic E-state index is 0.0750. The van der Waals surface area contributed by atoms with Crippen molar-refractivity contribution in [3.05, 3.63) is 10.0 Å². The smallest absolute Gasteiger partial charge is 0.317 e. The van der Waals surface area contributed by atoms with E-state index in [2.05, 4.69) is 15.5 Å². The Morgan fingerprint density at radius 2 is 1.88 bits per heavy atom. The number of amides is 2. The minimum atomic E-state index is 0.0750. The van der Waals surface area contributed by atoms with Crippen molar-refractivity contribution in [2.45, 2.75) is 76.7 Å². The largest absolute Gasteiger partial charge is 0.331 e. The van der Waals surface area contributed by atoms with Gasteiger partial charge in [-0.2, -0.15) is 0 Å². The molecule has 2 saturated carbocycles. The Morgan fingerprint density at radius 3 is 2.67 bits per heavy atom. The molecule has 0 unspecified atom stereocenters. The molecule has 2 heterocycles. The molecular formula is C18H28N4OS. The van der Waals surface area contributed by atoms with Crippen molar-refractivity contribution in [1.29, 1.82) is 0 Å². The summed E-state index contributed by atoms with van der Waals surface area (Å²) in [7, 11) is 0. The van der Waals surface area contributed by atoms with Crippen LogP contribution in [-0.2, 0) is 6.54 Å². The fourth-order valence-corrected chi connectivity index (χ4v) is 5.31. The fourth-order valence-electron chi connectivity index (χ4n) is 4.36. The topological polar surface area (TPSA) is 58.1 Å². The summed E-state index contributed by atoms with van der Waals surface area (Å²) in [6.45, 7) is 2.33. The molecule has 0 atom stereocenters. The van der Waals surface area contributed by atoms with Gasteiger partial charge in [-0.1, -0.05) is 30.6 Å². The van der Waals surface area contributed by atoms with Gasteiger partial charge in [-0.25, -0.2) is 4.79 Å². The van der Waals surface area contributed by atoms with Crippen LogP contribution in [0.15, 0.2) is 0 Å². The first kappa shape index (κ1) is 16.3. The Labute approximate surface area is 148 Å². The van der Waals surface area contributed by atoms with Gasteiger partial charge in [-0.3, -0.25) is 0 Å². The summed E-state index contributed by atoms with van der Waals surface area (Å²) in [6.07, 6.45) is 13.0. The average Bonchev–Trinajstić information content (AvgIpc) is 3.38. The number of carbonyl (C=O) groups is 1. The van der Waals surface area contributed by atoms with Gasteiger partial charge >= 0.3 is 6.03 Å². The number of aromatic nitrogens is 2. The molecule has 2 amide bonds. The van der Waals surface area contributed by atoms with Crippen molar-refractivity contribution in [2.75, 3.05) is 13.1 Å². The van der Waals surface area contributed by atoms with Crippen LogP contribution in [0.1, 0.15) is 80.1 Å². The van der Waals surface area contributed by atoms with E-state index in [9.17, 15) is 4.79 Å². The third kappa shape index (κ3) is 3.73.